The average Bonchev–Trinajstić information content (AvgIpc) is 2.69. The number of Topliss-reactive ketones (excluding diaryl/α,β-unsaturated/α-hetero) is 1. The second-order valence-corrected chi connectivity index (χ2v) is 6.58. The Bertz CT molecular complexity index is 1040. The average molecular weight is 392 g/mol. The first-order valence-electron chi connectivity index (χ1n) is 9.17. The van der Waals surface area contributed by atoms with E-state index in [-0.39, 0.29) is 23.2 Å². The van der Waals surface area contributed by atoms with E-state index in [1.807, 2.05) is 6.07 Å². The maximum absolute atomic E-state index is 12.9. The lowest BCUT2D eigenvalue weighted by atomic mass is 10.1. The van der Waals surface area contributed by atoms with E-state index in [4.69, 9.17) is 0 Å². The van der Waals surface area contributed by atoms with Crippen LogP contribution in [-0.2, 0) is 6.42 Å². The monoisotopic (exact) mass is 392 g/mol. The van der Waals surface area contributed by atoms with E-state index < -0.39 is 0 Å². The van der Waals surface area contributed by atoms with Crippen LogP contribution >= 0.6 is 0 Å². The van der Waals surface area contributed by atoms with Gasteiger partial charge in [0.05, 0.1) is 0 Å². The van der Waals surface area contributed by atoms with Crippen molar-refractivity contribution in [1.82, 2.24) is 15.3 Å². The number of hydrogen-bond acceptors (Lipinski definition) is 5. The fraction of sp³-hybridized carbons (Fsp3) is 0.182. The minimum Gasteiger partial charge on any atom is -0.350 e. The number of halogens is 1. The molecule has 0 aliphatic rings. The molecule has 0 bridgehead atoms. The minimum atomic E-state index is -0.321. The summed E-state index contributed by atoms with van der Waals surface area (Å²) in [7, 11) is 0. The third kappa shape index (κ3) is 5.68. The Morgan fingerprint density at radius 1 is 1.03 bits per heavy atom. The van der Waals surface area contributed by atoms with E-state index in [9.17, 15) is 14.0 Å². The number of aromatic nitrogens is 2. The molecule has 0 aliphatic carbocycles. The van der Waals surface area contributed by atoms with Crippen LogP contribution in [0.4, 0.5) is 15.9 Å². The van der Waals surface area contributed by atoms with Crippen molar-refractivity contribution in [3.8, 4) is 0 Å². The minimum absolute atomic E-state index is 0.0336. The van der Waals surface area contributed by atoms with Gasteiger partial charge in [-0.25, -0.2) is 14.4 Å². The Kier molecular flexibility index (Phi) is 6.29. The van der Waals surface area contributed by atoms with Crippen LogP contribution in [0.5, 0.6) is 0 Å². The Labute approximate surface area is 168 Å². The van der Waals surface area contributed by atoms with Gasteiger partial charge < -0.3 is 10.6 Å². The van der Waals surface area contributed by atoms with Crippen molar-refractivity contribution in [3.05, 3.63) is 83.1 Å². The molecule has 0 spiro atoms. The topological polar surface area (TPSA) is 84.0 Å². The molecule has 0 aliphatic heterocycles. The lowest BCUT2D eigenvalue weighted by Crippen LogP contribution is -2.27. The molecule has 0 saturated carbocycles. The molecule has 1 heterocycles. The van der Waals surface area contributed by atoms with Gasteiger partial charge in [0.15, 0.2) is 5.78 Å². The predicted molar refractivity (Wildman–Crippen MR) is 109 cm³/mol. The molecule has 6 nitrogen and oxygen atoms in total. The first-order chi connectivity index (χ1) is 13.9. The number of anilines is 2. The highest BCUT2D eigenvalue weighted by atomic mass is 19.1. The molecule has 1 aromatic heterocycles. The van der Waals surface area contributed by atoms with Crippen molar-refractivity contribution in [2.24, 2.45) is 0 Å². The number of nitrogens with one attached hydrogen (secondary N) is 2. The SMILES string of the molecule is CC(=O)c1cccc(Nc2cc(C(=O)NCCc3ccc(F)cc3)nc(C)n2)c1. The number of hydrogen-bond donors (Lipinski definition) is 2. The van der Waals surface area contributed by atoms with Gasteiger partial charge in [-0.15, -0.1) is 0 Å². The molecule has 0 unspecified atom stereocenters. The standard InChI is InChI=1S/C22H21FN4O2/c1-14(28)17-4-3-5-19(12-17)27-21-13-20(25-15(2)26-21)22(29)24-11-10-16-6-8-18(23)9-7-16/h3-9,12-13H,10-11H2,1-2H3,(H,24,29)(H,25,26,27). The highest BCUT2D eigenvalue weighted by Gasteiger charge is 2.11. The van der Waals surface area contributed by atoms with Gasteiger partial charge in [0.1, 0.15) is 23.2 Å². The first-order valence-corrected chi connectivity index (χ1v) is 9.17. The number of aryl methyl sites for hydroxylation is 1. The van der Waals surface area contributed by atoms with Crippen molar-refractivity contribution in [1.29, 1.82) is 0 Å². The predicted octanol–water partition coefficient (Wildman–Crippen LogP) is 3.84. The molecule has 0 atom stereocenters. The van der Waals surface area contributed by atoms with Gasteiger partial charge in [0, 0.05) is 23.9 Å². The summed E-state index contributed by atoms with van der Waals surface area (Å²) in [6, 6.07) is 14.8. The molecule has 0 saturated heterocycles. The van der Waals surface area contributed by atoms with Gasteiger partial charge in [-0.3, -0.25) is 9.59 Å². The van der Waals surface area contributed by atoms with Gasteiger partial charge in [0.25, 0.3) is 5.91 Å². The normalized spacial score (nSPS) is 10.4. The number of benzene rings is 2. The van der Waals surface area contributed by atoms with Crippen LogP contribution in [0.1, 0.15) is 39.2 Å². The Hall–Kier alpha value is -3.61. The summed E-state index contributed by atoms with van der Waals surface area (Å²) in [5, 5.41) is 5.91. The number of carbonyl (C=O) groups is 2. The molecule has 1 amide bonds. The van der Waals surface area contributed by atoms with Crippen LogP contribution < -0.4 is 10.6 Å². The molecule has 29 heavy (non-hydrogen) atoms. The molecule has 2 N–H and O–H groups in total. The van der Waals surface area contributed by atoms with Crippen LogP contribution in [0.2, 0.25) is 0 Å². The smallest absolute Gasteiger partial charge is 0.270 e. The third-order valence-electron chi connectivity index (χ3n) is 4.22. The second kappa shape index (κ2) is 9.05. The molecule has 7 heteroatoms. The van der Waals surface area contributed by atoms with Gasteiger partial charge in [0.2, 0.25) is 0 Å². The van der Waals surface area contributed by atoms with Crippen LogP contribution in [0.3, 0.4) is 0 Å². The van der Waals surface area contributed by atoms with Crippen LogP contribution in [0.15, 0.2) is 54.6 Å². The molecule has 0 fully saturated rings. The molecule has 148 valence electrons. The van der Waals surface area contributed by atoms with Crippen molar-refractivity contribution >= 4 is 23.2 Å². The fourth-order valence-electron chi connectivity index (χ4n) is 2.77. The zero-order valence-corrected chi connectivity index (χ0v) is 16.2. The van der Waals surface area contributed by atoms with Gasteiger partial charge in [-0.05, 0) is 50.1 Å². The quantitative estimate of drug-likeness (QED) is 0.597. The second-order valence-electron chi connectivity index (χ2n) is 6.58. The molecule has 3 aromatic rings. The number of rotatable bonds is 7. The van der Waals surface area contributed by atoms with E-state index in [1.54, 1.807) is 43.3 Å². The molecular weight excluding hydrogens is 371 g/mol. The summed E-state index contributed by atoms with van der Waals surface area (Å²) in [5.74, 6) is 0.262. The summed E-state index contributed by atoms with van der Waals surface area (Å²) in [6.45, 7) is 3.60. The fourth-order valence-corrected chi connectivity index (χ4v) is 2.77. The number of ketones is 1. The maximum atomic E-state index is 12.9. The summed E-state index contributed by atoms with van der Waals surface area (Å²) in [6.07, 6.45) is 0.582. The van der Waals surface area contributed by atoms with E-state index in [0.717, 1.165) is 5.56 Å². The molecular formula is C22H21FN4O2. The summed E-state index contributed by atoms with van der Waals surface area (Å²) in [5.41, 5.74) is 2.44. The van der Waals surface area contributed by atoms with Crippen LogP contribution in [0.25, 0.3) is 0 Å². The van der Waals surface area contributed by atoms with Crippen molar-refractivity contribution < 1.29 is 14.0 Å². The molecule has 3 rings (SSSR count). The first kappa shape index (κ1) is 20.1. The van der Waals surface area contributed by atoms with E-state index in [2.05, 4.69) is 20.6 Å². The highest BCUT2D eigenvalue weighted by Crippen LogP contribution is 2.17. The zero-order chi connectivity index (χ0) is 20.8. The lowest BCUT2D eigenvalue weighted by Gasteiger charge is -2.10. The van der Waals surface area contributed by atoms with Crippen molar-refractivity contribution in [2.45, 2.75) is 20.3 Å². The van der Waals surface area contributed by atoms with E-state index in [0.29, 0.717) is 35.9 Å². The van der Waals surface area contributed by atoms with Crippen LogP contribution in [-0.4, -0.2) is 28.2 Å². The molecule has 2 aromatic carbocycles. The summed E-state index contributed by atoms with van der Waals surface area (Å²) < 4.78 is 12.9. The zero-order valence-electron chi connectivity index (χ0n) is 16.2. The number of carbonyl (C=O) groups excluding carboxylic acids is 2. The Balaban J connectivity index is 1.66. The Morgan fingerprint density at radius 2 is 1.79 bits per heavy atom. The molecule has 0 radical (unpaired) electrons. The third-order valence-corrected chi connectivity index (χ3v) is 4.22. The van der Waals surface area contributed by atoms with E-state index >= 15 is 0 Å². The largest absolute Gasteiger partial charge is 0.350 e. The van der Waals surface area contributed by atoms with Crippen molar-refractivity contribution in [3.63, 3.8) is 0 Å². The van der Waals surface area contributed by atoms with E-state index in [1.165, 1.54) is 19.1 Å². The summed E-state index contributed by atoms with van der Waals surface area (Å²) >= 11 is 0. The van der Waals surface area contributed by atoms with Gasteiger partial charge in [-0.1, -0.05) is 24.3 Å². The van der Waals surface area contributed by atoms with Gasteiger partial charge in [-0.2, -0.15) is 0 Å². The summed E-state index contributed by atoms with van der Waals surface area (Å²) in [4.78, 5) is 32.5. The van der Waals surface area contributed by atoms with Crippen LogP contribution in [0, 0.1) is 12.7 Å². The number of amides is 1. The maximum Gasteiger partial charge on any atom is 0.270 e. The van der Waals surface area contributed by atoms with Gasteiger partial charge >= 0.3 is 0 Å². The lowest BCUT2D eigenvalue weighted by molar-refractivity contribution is 0.0948. The Morgan fingerprint density at radius 3 is 2.52 bits per heavy atom. The number of nitrogens with zero attached hydrogens (tertiary/aromatic N) is 2. The highest BCUT2D eigenvalue weighted by molar-refractivity contribution is 5.95. The van der Waals surface area contributed by atoms with Crippen molar-refractivity contribution in [2.75, 3.05) is 11.9 Å².